The molecule has 0 aromatic heterocycles. The summed E-state index contributed by atoms with van der Waals surface area (Å²) in [6, 6.07) is 16.0. The van der Waals surface area contributed by atoms with Crippen LogP contribution in [-0.2, 0) is 4.74 Å². The standard InChI is InChI=1S/C26H29N3O3/c30-25-22-11-4-12-23(24(22)26(31)29(25)19-21-10-6-18-32-21)28-16-14-27(15-17-28)13-5-9-20-7-2-1-3-8-20/h1-5,7-9,11-12,21H,6,10,13-19H2/b9-5+/t21-/m0/s1. The van der Waals surface area contributed by atoms with Crippen LogP contribution in [0.3, 0.4) is 0 Å². The van der Waals surface area contributed by atoms with Crippen molar-refractivity contribution in [1.29, 1.82) is 0 Å². The van der Waals surface area contributed by atoms with Crippen molar-refractivity contribution in [2.45, 2.75) is 18.9 Å². The number of benzene rings is 2. The van der Waals surface area contributed by atoms with Crippen molar-refractivity contribution < 1.29 is 14.3 Å². The molecule has 0 aliphatic carbocycles. The van der Waals surface area contributed by atoms with Gasteiger partial charge in [-0.05, 0) is 30.5 Å². The van der Waals surface area contributed by atoms with Crippen molar-refractivity contribution in [2.75, 3.05) is 50.8 Å². The van der Waals surface area contributed by atoms with Crippen LogP contribution in [0, 0.1) is 0 Å². The summed E-state index contributed by atoms with van der Waals surface area (Å²) in [4.78, 5) is 32.2. The Balaban J connectivity index is 1.23. The van der Waals surface area contributed by atoms with Crippen molar-refractivity contribution in [3.05, 3.63) is 71.3 Å². The van der Waals surface area contributed by atoms with Gasteiger partial charge in [-0.25, -0.2) is 0 Å². The first-order valence-electron chi connectivity index (χ1n) is 11.5. The maximum Gasteiger partial charge on any atom is 0.263 e. The zero-order chi connectivity index (χ0) is 21.9. The molecule has 0 radical (unpaired) electrons. The summed E-state index contributed by atoms with van der Waals surface area (Å²) in [5, 5.41) is 0. The quantitative estimate of drug-likeness (QED) is 0.657. The molecule has 0 bridgehead atoms. The van der Waals surface area contributed by atoms with Crippen LogP contribution in [0.25, 0.3) is 6.08 Å². The predicted molar refractivity (Wildman–Crippen MR) is 125 cm³/mol. The largest absolute Gasteiger partial charge is 0.376 e. The number of hydrogen-bond acceptors (Lipinski definition) is 5. The number of amides is 2. The molecule has 6 heteroatoms. The van der Waals surface area contributed by atoms with E-state index in [0.717, 1.165) is 51.3 Å². The number of nitrogens with zero attached hydrogens (tertiary/aromatic N) is 3. The van der Waals surface area contributed by atoms with Gasteiger partial charge in [0.05, 0.1) is 29.5 Å². The van der Waals surface area contributed by atoms with E-state index in [0.29, 0.717) is 24.3 Å². The molecule has 166 valence electrons. The highest BCUT2D eigenvalue weighted by molar-refractivity contribution is 6.23. The Morgan fingerprint density at radius 1 is 0.938 bits per heavy atom. The molecule has 0 saturated carbocycles. The van der Waals surface area contributed by atoms with Gasteiger partial charge in [-0.3, -0.25) is 19.4 Å². The molecule has 3 aliphatic heterocycles. The molecular formula is C26H29N3O3. The van der Waals surface area contributed by atoms with Crippen LogP contribution in [0.4, 0.5) is 5.69 Å². The van der Waals surface area contributed by atoms with Crippen molar-refractivity contribution in [1.82, 2.24) is 9.80 Å². The summed E-state index contributed by atoms with van der Waals surface area (Å²) in [5.41, 5.74) is 3.18. The van der Waals surface area contributed by atoms with Crippen LogP contribution in [-0.4, -0.2) is 73.6 Å². The van der Waals surface area contributed by atoms with Gasteiger partial charge >= 0.3 is 0 Å². The van der Waals surface area contributed by atoms with Crippen molar-refractivity contribution in [2.24, 2.45) is 0 Å². The van der Waals surface area contributed by atoms with E-state index in [9.17, 15) is 9.59 Å². The van der Waals surface area contributed by atoms with Crippen molar-refractivity contribution >= 4 is 23.6 Å². The lowest BCUT2D eigenvalue weighted by Crippen LogP contribution is -2.46. The Morgan fingerprint density at radius 3 is 2.50 bits per heavy atom. The molecule has 2 saturated heterocycles. The number of carbonyl (C=O) groups excluding carboxylic acids is 2. The molecule has 0 N–H and O–H groups in total. The third-order valence-corrected chi connectivity index (χ3v) is 6.57. The number of ether oxygens (including phenoxy) is 1. The summed E-state index contributed by atoms with van der Waals surface area (Å²) in [7, 11) is 0. The highest BCUT2D eigenvalue weighted by atomic mass is 16.5. The zero-order valence-corrected chi connectivity index (χ0v) is 18.3. The van der Waals surface area contributed by atoms with E-state index in [4.69, 9.17) is 4.74 Å². The molecule has 6 nitrogen and oxygen atoms in total. The molecule has 2 aromatic carbocycles. The van der Waals surface area contributed by atoms with Crippen molar-refractivity contribution in [3.63, 3.8) is 0 Å². The first kappa shape index (κ1) is 20.9. The molecular weight excluding hydrogens is 402 g/mol. The molecule has 1 atom stereocenters. The van der Waals surface area contributed by atoms with E-state index < -0.39 is 0 Å². The Bertz CT molecular complexity index is 1010. The van der Waals surface area contributed by atoms with Crippen LogP contribution >= 0.6 is 0 Å². The van der Waals surface area contributed by atoms with E-state index >= 15 is 0 Å². The van der Waals surface area contributed by atoms with Crippen LogP contribution in [0.1, 0.15) is 39.1 Å². The smallest absolute Gasteiger partial charge is 0.263 e. The number of imide groups is 1. The normalized spacial score (nSPS) is 21.7. The lowest BCUT2D eigenvalue weighted by Gasteiger charge is -2.36. The number of rotatable bonds is 6. The molecule has 3 heterocycles. The van der Waals surface area contributed by atoms with Gasteiger partial charge in [0.1, 0.15) is 0 Å². The highest BCUT2D eigenvalue weighted by Crippen LogP contribution is 2.33. The van der Waals surface area contributed by atoms with E-state index in [2.05, 4.69) is 34.1 Å². The summed E-state index contributed by atoms with van der Waals surface area (Å²) < 4.78 is 5.66. The Labute approximate surface area is 189 Å². The topological polar surface area (TPSA) is 53.1 Å². The van der Waals surface area contributed by atoms with Crippen LogP contribution < -0.4 is 4.90 Å². The van der Waals surface area contributed by atoms with Gasteiger partial charge in [0, 0.05) is 39.3 Å². The number of carbonyl (C=O) groups is 2. The average Bonchev–Trinajstić information content (AvgIpc) is 3.43. The first-order chi connectivity index (χ1) is 15.7. The fourth-order valence-electron chi connectivity index (χ4n) is 4.81. The Morgan fingerprint density at radius 2 is 1.75 bits per heavy atom. The maximum atomic E-state index is 13.2. The zero-order valence-electron chi connectivity index (χ0n) is 18.3. The van der Waals surface area contributed by atoms with E-state index in [1.807, 2.05) is 30.3 Å². The third-order valence-electron chi connectivity index (χ3n) is 6.57. The number of hydrogen-bond donors (Lipinski definition) is 0. The van der Waals surface area contributed by atoms with Gasteiger partial charge in [-0.1, -0.05) is 48.6 Å². The molecule has 0 spiro atoms. The number of piperazine rings is 1. The predicted octanol–water partition coefficient (Wildman–Crippen LogP) is 3.30. The maximum absolute atomic E-state index is 13.2. The SMILES string of the molecule is O=C1c2cccc(N3CCN(C/C=C/c4ccccc4)CC3)c2C(=O)N1C[C@@H]1CCCO1. The lowest BCUT2D eigenvalue weighted by molar-refractivity contribution is 0.0475. The second-order valence-corrected chi connectivity index (χ2v) is 8.66. The summed E-state index contributed by atoms with van der Waals surface area (Å²) in [5.74, 6) is -0.364. The van der Waals surface area contributed by atoms with Crippen LogP contribution in [0.15, 0.2) is 54.6 Å². The van der Waals surface area contributed by atoms with Gasteiger partial charge in [0.25, 0.3) is 11.8 Å². The van der Waals surface area contributed by atoms with Gasteiger partial charge < -0.3 is 9.64 Å². The van der Waals surface area contributed by atoms with Gasteiger partial charge in [-0.15, -0.1) is 0 Å². The minimum absolute atomic E-state index is 0.0341. The summed E-state index contributed by atoms with van der Waals surface area (Å²) in [6.45, 7) is 5.49. The van der Waals surface area contributed by atoms with E-state index in [-0.39, 0.29) is 17.9 Å². The Kier molecular flexibility index (Phi) is 6.06. The minimum atomic E-state index is -0.188. The van der Waals surface area contributed by atoms with Crippen molar-refractivity contribution in [3.8, 4) is 0 Å². The third kappa shape index (κ3) is 4.20. The molecule has 2 aromatic rings. The second-order valence-electron chi connectivity index (χ2n) is 8.66. The van der Waals surface area contributed by atoms with E-state index in [1.165, 1.54) is 10.5 Å². The van der Waals surface area contributed by atoms with Gasteiger partial charge in [-0.2, -0.15) is 0 Å². The second kappa shape index (κ2) is 9.27. The minimum Gasteiger partial charge on any atom is -0.376 e. The summed E-state index contributed by atoms with van der Waals surface area (Å²) in [6.07, 6.45) is 6.22. The molecule has 32 heavy (non-hydrogen) atoms. The molecule has 3 aliphatic rings. The molecule has 2 fully saturated rings. The molecule has 5 rings (SSSR count). The number of anilines is 1. The van der Waals surface area contributed by atoms with Crippen LogP contribution in [0.2, 0.25) is 0 Å². The van der Waals surface area contributed by atoms with E-state index in [1.54, 1.807) is 6.07 Å². The number of fused-ring (bicyclic) bond motifs is 1. The first-order valence-corrected chi connectivity index (χ1v) is 11.5. The average molecular weight is 432 g/mol. The van der Waals surface area contributed by atoms with Gasteiger partial charge in [0.2, 0.25) is 0 Å². The Hall–Kier alpha value is -2.96. The van der Waals surface area contributed by atoms with Crippen LogP contribution in [0.5, 0.6) is 0 Å². The fraction of sp³-hybridized carbons (Fsp3) is 0.385. The lowest BCUT2D eigenvalue weighted by atomic mass is 10.1. The highest BCUT2D eigenvalue weighted by Gasteiger charge is 2.40. The molecule has 2 amide bonds. The summed E-state index contributed by atoms with van der Waals surface area (Å²) >= 11 is 0. The molecule has 0 unspecified atom stereocenters. The monoisotopic (exact) mass is 431 g/mol. The van der Waals surface area contributed by atoms with Gasteiger partial charge in [0.15, 0.2) is 0 Å². The fourth-order valence-corrected chi connectivity index (χ4v) is 4.81.